The first-order valence-corrected chi connectivity index (χ1v) is 9.50. The number of sulfonamides is 1. The predicted molar refractivity (Wildman–Crippen MR) is 88.9 cm³/mol. The zero-order valence-electron chi connectivity index (χ0n) is 13.8. The van der Waals surface area contributed by atoms with Crippen LogP contribution in [0.4, 0.5) is 0 Å². The number of piperidine rings is 1. The van der Waals surface area contributed by atoms with Crippen LogP contribution < -0.4 is 10.6 Å². The highest BCUT2D eigenvalue weighted by Gasteiger charge is 2.28. The molecule has 0 saturated carbocycles. The Kier molecular flexibility index (Phi) is 6.20. The zero-order chi connectivity index (χ0) is 16.9. The van der Waals surface area contributed by atoms with Crippen molar-refractivity contribution in [2.45, 2.75) is 30.6 Å². The molecule has 0 unspecified atom stereocenters. The Morgan fingerprint density at radius 3 is 2.57 bits per heavy atom. The molecule has 1 saturated heterocycles. The van der Waals surface area contributed by atoms with Gasteiger partial charge in [0.25, 0.3) is 5.91 Å². The van der Waals surface area contributed by atoms with Crippen molar-refractivity contribution in [3.63, 3.8) is 0 Å². The maximum absolute atomic E-state index is 12.6. The average molecular weight is 342 g/mol. The first-order valence-electron chi connectivity index (χ1n) is 8.06. The molecule has 1 aliphatic rings. The van der Waals surface area contributed by atoms with Gasteiger partial charge in [0.15, 0.2) is 0 Å². The van der Waals surface area contributed by atoms with Gasteiger partial charge in [-0.2, -0.15) is 4.31 Å². The number of nitrogens with zero attached hydrogens (tertiary/aromatic N) is 2. The topological polar surface area (TPSA) is 83.4 Å². The van der Waals surface area contributed by atoms with Crippen molar-refractivity contribution in [2.24, 2.45) is 7.05 Å². The van der Waals surface area contributed by atoms with Crippen molar-refractivity contribution >= 4 is 15.9 Å². The second-order valence-corrected chi connectivity index (χ2v) is 7.79. The molecule has 0 bridgehead atoms. The normalized spacial score (nSPS) is 16.4. The van der Waals surface area contributed by atoms with Gasteiger partial charge in [-0.3, -0.25) is 4.79 Å². The van der Waals surface area contributed by atoms with E-state index >= 15 is 0 Å². The van der Waals surface area contributed by atoms with Gasteiger partial charge in [0.2, 0.25) is 10.0 Å². The second-order valence-electron chi connectivity index (χ2n) is 5.85. The van der Waals surface area contributed by atoms with Gasteiger partial charge < -0.3 is 15.2 Å². The Bertz CT molecular complexity index is 633. The third kappa shape index (κ3) is 4.33. The number of carbonyl (C=O) groups excluding carboxylic acids is 1. The van der Waals surface area contributed by atoms with E-state index in [9.17, 15) is 13.2 Å². The van der Waals surface area contributed by atoms with Crippen molar-refractivity contribution in [1.82, 2.24) is 19.5 Å². The lowest BCUT2D eigenvalue weighted by Gasteiger charge is -2.25. The van der Waals surface area contributed by atoms with Crippen molar-refractivity contribution in [3.8, 4) is 0 Å². The minimum absolute atomic E-state index is 0.197. The number of aromatic nitrogens is 1. The summed E-state index contributed by atoms with van der Waals surface area (Å²) in [5.41, 5.74) is 0.366. The molecule has 23 heavy (non-hydrogen) atoms. The molecular weight excluding hydrogens is 316 g/mol. The molecule has 8 heteroatoms. The number of hydrogen-bond donors (Lipinski definition) is 2. The summed E-state index contributed by atoms with van der Waals surface area (Å²) in [4.78, 5) is 12.4. The van der Waals surface area contributed by atoms with E-state index in [0.29, 0.717) is 25.3 Å². The van der Waals surface area contributed by atoms with Gasteiger partial charge in [0, 0.05) is 32.9 Å². The fourth-order valence-electron chi connectivity index (χ4n) is 2.71. The standard InChI is InChI=1S/C15H26N4O3S/c1-16-7-6-8-17-15(20)14-11-13(12-18(14)2)23(21,22)19-9-4-3-5-10-19/h11-12,16H,3-10H2,1-2H3,(H,17,20). The lowest BCUT2D eigenvalue weighted by Crippen LogP contribution is -2.35. The fourth-order valence-corrected chi connectivity index (χ4v) is 4.30. The Morgan fingerprint density at radius 1 is 1.22 bits per heavy atom. The summed E-state index contributed by atoms with van der Waals surface area (Å²) < 4.78 is 28.4. The third-order valence-electron chi connectivity index (χ3n) is 4.05. The van der Waals surface area contributed by atoms with Crippen LogP contribution in [0.3, 0.4) is 0 Å². The largest absolute Gasteiger partial charge is 0.351 e. The number of rotatable bonds is 7. The Labute approximate surface area is 138 Å². The third-order valence-corrected chi connectivity index (χ3v) is 5.92. The lowest BCUT2D eigenvalue weighted by atomic mass is 10.2. The van der Waals surface area contributed by atoms with E-state index in [1.165, 1.54) is 16.6 Å². The second kappa shape index (κ2) is 7.94. The summed E-state index contributed by atoms with van der Waals surface area (Å²) in [6.07, 6.45) is 5.20. The highest BCUT2D eigenvalue weighted by molar-refractivity contribution is 7.89. The summed E-state index contributed by atoms with van der Waals surface area (Å²) >= 11 is 0. The van der Waals surface area contributed by atoms with Crippen LogP contribution in [0.2, 0.25) is 0 Å². The molecule has 0 aliphatic carbocycles. The molecule has 1 aliphatic heterocycles. The van der Waals surface area contributed by atoms with Crippen LogP contribution in [0, 0.1) is 0 Å². The Morgan fingerprint density at radius 2 is 1.91 bits per heavy atom. The molecule has 2 N–H and O–H groups in total. The molecule has 0 atom stereocenters. The number of carbonyl (C=O) groups is 1. The Balaban J connectivity index is 2.09. The smallest absolute Gasteiger partial charge is 0.267 e. The van der Waals surface area contributed by atoms with Gasteiger partial charge in [0.05, 0.1) is 0 Å². The molecule has 1 aromatic rings. The monoisotopic (exact) mass is 342 g/mol. The molecule has 0 aromatic carbocycles. The quantitative estimate of drug-likeness (QED) is 0.709. The summed E-state index contributed by atoms with van der Waals surface area (Å²) in [6.45, 7) is 2.49. The van der Waals surface area contributed by atoms with Gasteiger partial charge in [0.1, 0.15) is 10.6 Å². The van der Waals surface area contributed by atoms with Crippen LogP contribution in [0.25, 0.3) is 0 Å². The summed E-state index contributed by atoms with van der Waals surface area (Å²) in [7, 11) is 0.0462. The first kappa shape index (κ1) is 18.0. The summed E-state index contributed by atoms with van der Waals surface area (Å²) in [5, 5.41) is 5.82. The van der Waals surface area contributed by atoms with Gasteiger partial charge in [-0.1, -0.05) is 6.42 Å². The molecule has 130 valence electrons. The maximum atomic E-state index is 12.6. The van der Waals surface area contributed by atoms with Crippen LogP contribution in [-0.2, 0) is 17.1 Å². The average Bonchev–Trinajstić information content (AvgIpc) is 2.95. The van der Waals surface area contributed by atoms with E-state index in [0.717, 1.165) is 32.2 Å². The van der Waals surface area contributed by atoms with E-state index in [-0.39, 0.29) is 10.8 Å². The first-order chi connectivity index (χ1) is 11.0. The number of aryl methyl sites for hydroxylation is 1. The highest BCUT2D eigenvalue weighted by Crippen LogP contribution is 2.22. The van der Waals surface area contributed by atoms with E-state index in [4.69, 9.17) is 0 Å². The molecule has 1 amide bonds. The molecular formula is C15H26N4O3S. The van der Waals surface area contributed by atoms with Gasteiger partial charge in [-0.05, 0) is 38.9 Å². The van der Waals surface area contributed by atoms with E-state index in [1.807, 2.05) is 7.05 Å². The molecule has 2 rings (SSSR count). The van der Waals surface area contributed by atoms with Crippen molar-refractivity contribution in [3.05, 3.63) is 18.0 Å². The molecule has 7 nitrogen and oxygen atoms in total. The minimum atomic E-state index is -3.50. The molecule has 1 aromatic heterocycles. The van der Waals surface area contributed by atoms with Crippen LogP contribution in [0.15, 0.2) is 17.2 Å². The maximum Gasteiger partial charge on any atom is 0.267 e. The molecule has 2 heterocycles. The predicted octanol–water partition coefficient (Wildman–Crippen LogP) is 0.539. The lowest BCUT2D eigenvalue weighted by molar-refractivity contribution is 0.0945. The van der Waals surface area contributed by atoms with Crippen LogP contribution in [0.5, 0.6) is 0 Å². The van der Waals surface area contributed by atoms with Gasteiger partial charge >= 0.3 is 0 Å². The summed E-state index contributed by atoms with van der Waals surface area (Å²) in [5.74, 6) is -0.247. The van der Waals surface area contributed by atoms with Crippen molar-refractivity contribution in [1.29, 1.82) is 0 Å². The van der Waals surface area contributed by atoms with Gasteiger partial charge in [-0.15, -0.1) is 0 Å². The van der Waals surface area contributed by atoms with E-state index in [1.54, 1.807) is 11.6 Å². The van der Waals surface area contributed by atoms with Crippen molar-refractivity contribution < 1.29 is 13.2 Å². The Hall–Kier alpha value is -1.38. The summed E-state index contributed by atoms with van der Waals surface area (Å²) in [6, 6.07) is 1.47. The van der Waals surface area contributed by atoms with E-state index in [2.05, 4.69) is 10.6 Å². The zero-order valence-corrected chi connectivity index (χ0v) is 14.7. The molecule has 0 radical (unpaired) electrons. The van der Waals surface area contributed by atoms with E-state index < -0.39 is 10.0 Å². The molecule has 0 spiro atoms. The van der Waals surface area contributed by atoms with Crippen molar-refractivity contribution in [2.75, 3.05) is 33.2 Å². The minimum Gasteiger partial charge on any atom is -0.351 e. The SMILES string of the molecule is CNCCCNC(=O)c1cc(S(=O)(=O)N2CCCCC2)cn1C. The van der Waals surface area contributed by atoms with Crippen LogP contribution in [0.1, 0.15) is 36.2 Å². The van der Waals surface area contributed by atoms with Crippen LogP contribution in [-0.4, -0.2) is 56.4 Å². The number of nitrogens with one attached hydrogen (secondary N) is 2. The van der Waals surface area contributed by atoms with Gasteiger partial charge in [-0.25, -0.2) is 8.42 Å². The fraction of sp³-hybridized carbons (Fsp3) is 0.667. The number of hydrogen-bond acceptors (Lipinski definition) is 4. The number of amides is 1. The molecule has 1 fully saturated rings. The highest BCUT2D eigenvalue weighted by atomic mass is 32.2. The van der Waals surface area contributed by atoms with Crippen LogP contribution >= 0.6 is 0 Å².